The minimum Gasteiger partial charge on any atom is -0.396 e. The van der Waals surface area contributed by atoms with Gasteiger partial charge in [-0.15, -0.1) is 0 Å². The standard InChI is InChI=1S/C9H18OS/c1-2-8(5-6-10)9-4-3-7-11-9/h8-10H,2-7H2,1H3. The third-order valence-electron chi connectivity index (χ3n) is 2.51. The van der Waals surface area contributed by atoms with Crippen LogP contribution in [-0.2, 0) is 0 Å². The molecule has 2 heteroatoms. The Bertz CT molecular complexity index is 99.7. The zero-order valence-corrected chi connectivity index (χ0v) is 8.07. The largest absolute Gasteiger partial charge is 0.396 e. The molecule has 1 rings (SSSR count). The Morgan fingerprint density at radius 2 is 2.45 bits per heavy atom. The molecule has 2 atom stereocenters. The van der Waals surface area contributed by atoms with Gasteiger partial charge in [0.05, 0.1) is 0 Å². The first-order valence-corrected chi connectivity index (χ1v) is 5.65. The SMILES string of the molecule is CCC(CCO)C1CCCS1. The second-order valence-electron chi connectivity index (χ2n) is 3.23. The van der Waals surface area contributed by atoms with Gasteiger partial charge in [0.2, 0.25) is 0 Å². The Kier molecular flexibility index (Phi) is 4.31. The van der Waals surface area contributed by atoms with Crippen LogP contribution >= 0.6 is 11.8 Å². The van der Waals surface area contributed by atoms with Gasteiger partial charge in [0.15, 0.2) is 0 Å². The van der Waals surface area contributed by atoms with Crippen LogP contribution < -0.4 is 0 Å². The molecule has 0 aromatic carbocycles. The van der Waals surface area contributed by atoms with E-state index in [1.165, 1.54) is 25.0 Å². The van der Waals surface area contributed by atoms with Crippen LogP contribution in [0, 0.1) is 5.92 Å². The van der Waals surface area contributed by atoms with Crippen molar-refractivity contribution in [2.75, 3.05) is 12.4 Å². The van der Waals surface area contributed by atoms with Crippen molar-refractivity contribution < 1.29 is 5.11 Å². The molecule has 0 bridgehead atoms. The first kappa shape index (κ1) is 9.40. The van der Waals surface area contributed by atoms with Crippen LogP contribution in [0.2, 0.25) is 0 Å². The maximum atomic E-state index is 8.82. The quantitative estimate of drug-likeness (QED) is 0.705. The number of aliphatic hydroxyl groups excluding tert-OH is 1. The Morgan fingerprint density at radius 1 is 1.64 bits per heavy atom. The van der Waals surface area contributed by atoms with Crippen LogP contribution in [0.15, 0.2) is 0 Å². The number of hydrogen-bond acceptors (Lipinski definition) is 2. The van der Waals surface area contributed by atoms with E-state index in [1.807, 2.05) is 0 Å². The molecule has 0 aliphatic carbocycles. The maximum absolute atomic E-state index is 8.82. The summed E-state index contributed by atoms with van der Waals surface area (Å²) in [6.45, 7) is 2.61. The predicted molar refractivity (Wildman–Crippen MR) is 51.0 cm³/mol. The van der Waals surface area contributed by atoms with Crippen molar-refractivity contribution in [1.29, 1.82) is 0 Å². The molecule has 1 aliphatic rings. The summed E-state index contributed by atoms with van der Waals surface area (Å²) < 4.78 is 0. The van der Waals surface area contributed by atoms with Gasteiger partial charge in [0.1, 0.15) is 0 Å². The van der Waals surface area contributed by atoms with E-state index in [1.54, 1.807) is 0 Å². The molecular formula is C9H18OS. The third kappa shape index (κ3) is 2.68. The van der Waals surface area contributed by atoms with Gasteiger partial charge in [0, 0.05) is 11.9 Å². The predicted octanol–water partition coefficient (Wildman–Crippen LogP) is 2.29. The van der Waals surface area contributed by atoms with Gasteiger partial charge in [-0.25, -0.2) is 0 Å². The fraction of sp³-hybridized carbons (Fsp3) is 1.00. The van der Waals surface area contributed by atoms with Gasteiger partial charge in [-0.05, 0) is 30.9 Å². The lowest BCUT2D eigenvalue weighted by molar-refractivity contribution is 0.251. The van der Waals surface area contributed by atoms with Gasteiger partial charge in [0.25, 0.3) is 0 Å². The Hall–Kier alpha value is 0.310. The Labute approximate surface area is 73.6 Å². The molecule has 1 heterocycles. The van der Waals surface area contributed by atoms with E-state index < -0.39 is 0 Å². The smallest absolute Gasteiger partial charge is 0.0434 e. The van der Waals surface area contributed by atoms with E-state index in [0.29, 0.717) is 6.61 Å². The van der Waals surface area contributed by atoms with Gasteiger partial charge >= 0.3 is 0 Å². The minimum atomic E-state index is 0.371. The van der Waals surface area contributed by atoms with Gasteiger partial charge in [-0.2, -0.15) is 11.8 Å². The molecule has 1 aliphatic heterocycles. The Balaban J connectivity index is 2.27. The molecule has 1 saturated heterocycles. The summed E-state index contributed by atoms with van der Waals surface area (Å²) in [6.07, 6.45) is 5.01. The number of hydrogen-bond donors (Lipinski definition) is 1. The summed E-state index contributed by atoms with van der Waals surface area (Å²) in [4.78, 5) is 0. The highest BCUT2D eigenvalue weighted by Crippen LogP contribution is 2.34. The average molecular weight is 174 g/mol. The molecule has 1 fully saturated rings. The van der Waals surface area contributed by atoms with E-state index in [4.69, 9.17) is 5.11 Å². The van der Waals surface area contributed by atoms with Crippen molar-refractivity contribution in [2.45, 2.75) is 37.9 Å². The molecule has 0 amide bonds. The molecular weight excluding hydrogens is 156 g/mol. The number of aliphatic hydroxyl groups is 1. The second-order valence-corrected chi connectivity index (χ2v) is 4.58. The van der Waals surface area contributed by atoms with Crippen LogP contribution in [0.25, 0.3) is 0 Å². The fourth-order valence-corrected chi connectivity index (χ4v) is 3.36. The summed E-state index contributed by atoms with van der Waals surface area (Å²) in [5, 5.41) is 9.67. The average Bonchev–Trinajstić information content (AvgIpc) is 2.52. The van der Waals surface area contributed by atoms with E-state index in [-0.39, 0.29) is 0 Å². The van der Waals surface area contributed by atoms with Crippen LogP contribution in [0.5, 0.6) is 0 Å². The molecule has 1 nitrogen and oxygen atoms in total. The monoisotopic (exact) mass is 174 g/mol. The molecule has 2 unspecified atom stereocenters. The second kappa shape index (κ2) is 5.04. The lowest BCUT2D eigenvalue weighted by Gasteiger charge is -2.19. The van der Waals surface area contributed by atoms with Crippen molar-refractivity contribution in [3.63, 3.8) is 0 Å². The highest BCUT2D eigenvalue weighted by Gasteiger charge is 2.23. The summed E-state index contributed by atoms with van der Waals surface area (Å²) in [7, 11) is 0. The maximum Gasteiger partial charge on any atom is 0.0434 e. The zero-order valence-electron chi connectivity index (χ0n) is 7.25. The topological polar surface area (TPSA) is 20.2 Å². The van der Waals surface area contributed by atoms with E-state index in [2.05, 4.69) is 18.7 Å². The molecule has 0 aromatic heterocycles. The summed E-state index contributed by atoms with van der Waals surface area (Å²) in [6, 6.07) is 0. The van der Waals surface area contributed by atoms with E-state index in [0.717, 1.165) is 17.6 Å². The lowest BCUT2D eigenvalue weighted by Crippen LogP contribution is -2.14. The third-order valence-corrected chi connectivity index (χ3v) is 4.09. The molecule has 66 valence electrons. The van der Waals surface area contributed by atoms with E-state index >= 15 is 0 Å². The van der Waals surface area contributed by atoms with Crippen LogP contribution in [0.4, 0.5) is 0 Å². The molecule has 11 heavy (non-hydrogen) atoms. The van der Waals surface area contributed by atoms with Crippen LogP contribution in [0.1, 0.15) is 32.6 Å². The zero-order chi connectivity index (χ0) is 8.10. The summed E-state index contributed by atoms with van der Waals surface area (Å²) in [5.41, 5.74) is 0. The first-order valence-electron chi connectivity index (χ1n) is 4.61. The number of thioether (sulfide) groups is 1. The Morgan fingerprint density at radius 3 is 2.91 bits per heavy atom. The van der Waals surface area contributed by atoms with E-state index in [9.17, 15) is 0 Å². The van der Waals surface area contributed by atoms with Crippen LogP contribution in [0.3, 0.4) is 0 Å². The fourth-order valence-electron chi connectivity index (χ4n) is 1.79. The van der Waals surface area contributed by atoms with Crippen molar-refractivity contribution in [1.82, 2.24) is 0 Å². The number of rotatable bonds is 4. The molecule has 0 radical (unpaired) electrons. The van der Waals surface area contributed by atoms with Gasteiger partial charge < -0.3 is 5.11 Å². The first-order chi connectivity index (χ1) is 5.38. The van der Waals surface area contributed by atoms with Crippen molar-refractivity contribution in [3.05, 3.63) is 0 Å². The highest BCUT2D eigenvalue weighted by molar-refractivity contribution is 8.00. The minimum absolute atomic E-state index is 0.371. The van der Waals surface area contributed by atoms with Crippen LogP contribution in [-0.4, -0.2) is 22.7 Å². The van der Waals surface area contributed by atoms with Crippen molar-refractivity contribution in [3.8, 4) is 0 Å². The molecule has 0 aromatic rings. The molecule has 0 spiro atoms. The molecule has 0 saturated carbocycles. The summed E-state index contributed by atoms with van der Waals surface area (Å²) in [5.74, 6) is 2.11. The van der Waals surface area contributed by atoms with Gasteiger partial charge in [-0.1, -0.05) is 13.3 Å². The summed E-state index contributed by atoms with van der Waals surface area (Å²) >= 11 is 2.10. The normalized spacial score (nSPS) is 27.3. The van der Waals surface area contributed by atoms with Crippen molar-refractivity contribution >= 4 is 11.8 Å². The molecule has 1 N–H and O–H groups in total. The lowest BCUT2D eigenvalue weighted by atomic mass is 9.96. The van der Waals surface area contributed by atoms with Gasteiger partial charge in [-0.3, -0.25) is 0 Å². The highest BCUT2D eigenvalue weighted by atomic mass is 32.2. The van der Waals surface area contributed by atoms with Crippen molar-refractivity contribution in [2.24, 2.45) is 5.92 Å².